The van der Waals surface area contributed by atoms with Crippen LogP contribution >= 0.6 is 11.8 Å². The van der Waals surface area contributed by atoms with Crippen molar-refractivity contribution in [2.75, 3.05) is 11.1 Å². The van der Waals surface area contributed by atoms with E-state index in [4.69, 9.17) is 5.73 Å². The zero-order valence-electron chi connectivity index (χ0n) is 11.7. The van der Waals surface area contributed by atoms with Crippen molar-refractivity contribution in [1.29, 1.82) is 0 Å². The number of nitrogens with two attached hydrogens (primary N) is 1. The van der Waals surface area contributed by atoms with Gasteiger partial charge in [-0.1, -0.05) is 48.5 Å². The SMILES string of the molecule is C=CCSc1ccccc1NC(=O)[C@H](N)c1ccccc1. The summed E-state index contributed by atoms with van der Waals surface area (Å²) in [6, 6.07) is 16.3. The molecule has 0 saturated heterocycles. The van der Waals surface area contributed by atoms with E-state index in [1.165, 1.54) is 0 Å². The Morgan fingerprint density at radius 1 is 1.19 bits per heavy atom. The summed E-state index contributed by atoms with van der Waals surface area (Å²) in [5, 5.41) is 2.90. The van der Waals surface area contributed by atoms with Gasteiger partial charge < -0.3 is 11.1 Å². The molecule has 2 rings (SSSR count). The van der Waals surface area contributed by atoms with Gasteiger partial charge >= 0.3 is 0 Å². The molecule has 0 saturated carbocycles. The molecule has 2 aromatic carbocycles. The second-order valence-electron chi connectivity index (χ2n) is 4.47. The molecule has 0 aliphatic rings. The van der Waals surface area contributed by atoms with E-state index in [2.05, 4.69) is 11.9 Å². The number of carbonyl (C=O) groups is 1. The van der Waals surface area contributed by atoms with Crippen LogP contribution in [-0.2, 0) is 4.79 Å². The fourth-order valence-electron chi connectivity index (χ4n) is 1.87. The van der Waals surface area contributed by atoms with Crippen molar-refractivity contribution in [3.63, 3.8) is 0 Å². The number of benzene rings is 2. The maximum Gasteiger partial charge on any atom is 0.245 e. The predicted octanol–water partition coefficient (Wildman–Crippen LogP) is 3.60. The molecule has 3 N–H and O–H groups in total. The fraction of sp³-hybridized carbons (Fsp3) is 0.118. The summed E-state index contributed by atoms with van der Waals surface area (Å²) in [5.41, 5.74) is 7.58. The monoisotopic (exact) mass is 298 g/mol. The third-order valence-corrected chi connectivity index (χ3v) is 4.01. The number of hydrogen-bond donors (Lipinski definition) is 2. The Kier molecular flexibility index (Phi) is 5.60. The summed E-state index contributed by atoms with van der Waals surface area (Å²) < 4.78 is 0. The summed E-state index contributed by atoms with van der Waals surface area (Å²) in [4.78, 5) is 13.3. The van der Waals surface area contributed by atoms with Gasteiger partial charge in [-0.25, -0.2) is 0 Å². The van der Waals surface area contributed by atoms with Gasteiger partial charge in [-0.2, -0.15) is 0 Å². The van der Waals surface area contributed by atoms with E-state index in [0.717, 1.165) is 21.9 Å². The van der Waals surface area contributed by atoms with E-state index < -0.39 is 6.04 Å². The highest BCUT2D eigenvalue weighted by Gasteiger charge is 2.16. The number of carbonyl (C=O) groups excluding carboxylic acids is 1. The summed E-state index contributed by atoms with van der Waals surface area (Å²) in [6.07, 6.45) is 1.83. The summed E-state index contributed by atoms with van der Waals surface area (Å²) in [5.74, 6) is 0.574. The van der Waals surface area contributed by atoms with Crippen LogP contribution in [0.15, 0.2) is 72.1 Å². The highest BCUT2D eigenvalue weighted by Crippen LogP contribution is 2.27. The van der Waals surface area contributed by atoms with Crippen molar-refractivity contribution in [1.82, 2.24) is 0 Å². The standard InChI is InChI=1S/C17H18N2OS/c1-2-12-21-15-11-7-6-10-14(15)19-17(20)16(18)13-8-4-3-5-9-13/h2-11,16H,1,12,18H2,(H,19,20)/t16-/m1/s1. The Morgan fingerprint density at radius 2 is 1.86 bits per heavy atom. The van der Waals surface area contributed by atoms with Gasteiger partial charge in [0.1, 0.15) is 6.04 Å². The number of thioether (sulfide) groups is 1. The molecule has 1 amide bonds. The fourth-order valence-corrected chi connectivity index (χ4v) is 2.61. The Bertz CT molecular complexity index is 613. The maximum absolute atomic E-state index is 12.3. The molecular formula is C17H18N2OS. The molecule has 21 heavy (non-hydrogen) atoms. The average molecular weight is 298 g/mol. The lowest BCUT2D eigenvalue weighted by Gasteiger charge is -2.14. The van der Waals surface area contributed by atoms with E-state index in [9.17, 15) is 4.79 Å². The summed E-state index contributed by atoms with van der Waals surface area (Å²) in [7, 11) is 0. The average Bonchev–Trinajstić information content (AvgIpc) is 2.54. The van der Waals surface area contributed by atoms with Crippen molar-refractivity contribution in [3.8, 4) is 0 Å². The molecular weight excluding hydrogens is 280 g/mol. The van der Waals surface area contributed by atoms with Crippen LogP contribution in [0.3, 0.4) is 0 Å². The molecule has 0 spiro atoms. The van der Waals surface area contributed by atoms with Crippen LogP contribution in [0.25, 0.3) is 0 Å². The van der Waals surface area contributed by atoms with Crippen LogP contribution in [0.1, 0.15) is 11.6 Å². The minimum absolute atomic E-state index is 0.215. The zero-order valence-corrected chi connectivity index (χ0v) is 12.5. The normalized spacial score (nSPS) is 11.7. The smallest absolute Gasteiger partial charge is 0.245 e. The number of amides is 1. The quantitative estimate of drug-likeness (QED) is 0.633. The minimum Gasteiger partial charge on any atom is -0.323 e. The van der Waals surface area contributed by atoms with E-state index in [1.807, 2.05) is 60.7 Å². The van der Waals surface area contributed by atoms with Gasteiger partial charge in [0.25, 0.3) is 0 Å². The zero-order chi connectivity index (χ0) is 15.1. The first-order valence-corrected chi connectivity index (χ1v) is 7.65. The molecule has 1 atom stereocenters. The summed E-state index contributed by atoms with van der Waals surface area (Å²) in [6.45, 7) is 3.71. The van der Waals surface area contributed by atoms with Crippen molar-refractivity contribution in [2.24, 2.45) is 5.73 Å². The molecule has 0 aliphatic heterocycles. The van der Waals surface area contributed by atoms with Crippen molar-refractivity contribution in [2.45, 2.75) is 10.9 Å². The minimum atomic E-state index is -0.677. The molecule has 108 valence electrons. The largest absolute Gasteiger partial charge is 0.323 e. The van der Waals surface area contributed by atoms with Gasteiger partial charge in [0.2, 0.25) is 5.91 Å². The highest BCUT2D eigenvalue weighted by molar-refractivity contribution is 7.99. The summed E-state index contributed by atoms with van der Waals surface area (Å²) >= 11 is 1.62. The van der Waals surface area contributed by atoms with Crippen LogP contribution in [0.4, 0.5) is 5.69 Å². The lowest BCUT2D eigenvalue weighted by Crippen LogP contribution is -2.27. The van der Waals surface area contributed by atoms with Gasteiger partial charge in [-0.05, 0) is 17.7 Å². The number of para-hydroxylation sites is 1. The van der Waals surface area contributed by atoms with Gasteiger partial charge in [-0.3, -0.25) is 4.79 Å². The molecule has 0 heterocycles. The van der Waals surface area contributed by atoms with Crippen LogP contribution in [0, 0.1) is 0 Å². The molecule has 4 heteroatoms. The van der Waals surface area contributed by atoms with Gasteiger partial charge in [0, 0.05) is 10.6 Å². The van der Waals surface area contributed by atoms with E-state index in [1.54, 1.807) is 11.8 Å². The van der Waals surface area contributed by atoms with Crippen LogP contribution in [0.2, 0.25) is 0 Å². The molecule has 0 unspecified atom stereocenters. The van der Waals surface area contributed by atoms with Gasteiger partial charge in [-0.15, -0.1) is 18.3 Å². The molecule has 0 aromatic heterocycles. The topological polar surface area (TPSA) is 55.1 Å². The lowest BCUT2D eigenvalue weighted by molar-refractivity contribution is -0.117. The Balaban J connectivity index is 2.11. The molecule has 0 fully saturated rings. The van der Waals surface area contributed by atoms with Gasteiger partial charge in [0.15, 0.2) is 0 Å². The van der Waals surface area contributed by atoms with Crippen molar-refractivity contribution >= 4 is 23.4 Å². The van der Waals surface area contributed by atoms with Gasteiger partial charge in [0.05, 0.1) is 5.69 Å². The second-order valence-corrected chi connectivity index (χ2v) is 5.54. The predicted molar refractivity (Wildman–Crippen MR) is 89.4 cm³/mol. The first-order valence-electron chi connectivity index (χ1n) is 6.66. The van der Waals surface area contributed by atoms with E-state index in [-0.39, 0.29) is 5.91 Å². The van der Waals surface area contributed by atoms with E-state index >= 15 is 0 Å². The van der Waals surface area contributed by atoms with Crippen molar-refractivity contribution in [3.05, 3.63) is 72.8 Å². The first-order chi connectivity index (χ1) is 10.2. The number of anilines is 1. The van der Waals surface area contributed by atoms with Crippen LogP contribution in [0.5, 0.6) is 0 Å². The van der Waals surface area contributed by atoms with E-state index in [0.29, 0.717) is 0 Å². The third-order valence-electron chi connectivity index (χ3n) is 2.94. The molecule has 2 aromatic rings. The first kappa shape index (κ1) is 15.4. The Labute approximate surface area is 129 Å². The molecule has 0 radical (unpaired) electrons. The second kappa shape index (κ2) is 7.67. The van der Waals surface area contributed by atoms with Crippen LogP contribution in [-0.4, -0.2) is 11.7 Å². The van der Waals surface area contributed by atoms with Crippen molar-refractivity contribution < 1.29 is 4.79 Å². The number of nitrogens with one attached hydrogen (secondary N) is 1. The molecule has 3 nitrogen and oxygen atoms in total. The number of hydrogen-bond acceptors (Lipinski definition) is 3. The maximum atomic E-state index is 12.3. The highest BCUT2D eigenvalue weighted by atomic mass is 32.2. The molecule has 0 aliphatic carbocycles. The lowest BCUT2D eigenvalue weighted by atomic mass is 10.1. The Morgan fingerprint density at radius 3 is 2.57 bits per heavy atom. The number of rotatable bonds is 6. The Hall–Kier alpha value is -2.04. The third kappa shape index (κ3) is 4.21. The van der Waals surface area contributed by atoms with Crippen LogP contribution < -0.4 is 11.1 Å². The molecule has 0 bridgehead atoms.